The first-order chi connectivity index (χ1) is 18.4. The first-order valence-corrected chi connectivity index (χ1v) is 13.8. The van der Waals surface area contributed by atoms with E-state index in [2.05, 4.69) is 40.8 Å². The summed E-state index contributed by atoms with van der Waals surface area (Å²) >= 11 is 7.64. The van der Waals surface area contributed by atoms with Gasteiger partial charge in [-0.3, -0.25) is 14.5 Å². The van der Waals surface area contributed by atoms with Crippen molar-refractivity contribution >= 4 is 52.1 Å². The molecular weight excluding hydrogens is 530 g/mol. The van der Waals surface area contributed by atoms with Gasteiger partial charge in [0, 0.05) is 46.7 Å². The highest BCUT2D eigenvalue weighted by atomic mass is 35.5. The molecule has 0 amide bonds. The number of nitrogens with one attached hydrogen (secondary N) is 2. The van der Waals surface area contributed by atoms with Gasteiger partial charge in [-0.25, -0.2) is 4.98 Å². The third-order valence-corrected chi connectivity index (χ3v) is 7.56. The lowest BCUT2D eigenvalue weighted by atomic mass is 9.98. The number of anilines is 2. The zero-order valence-corrected chi connectivity index (χ0v) is 24.8. The van der Waals surface area contributed by atoms with E-state index in [1.165, 1.54) is 11.9 Å². The molecule has 9 heteroatoms. The van der Waals surface area contributed by atoms with Gasteiger partial charge in [0.05, 0.1) is 17.1 Å². The topological polar surface area (TPSA) is 106 Å². The van der Waals surface area contributed by atoms with E-state index in [4.69, 9.17) is 21.8 Å². The van der Waals surface area contributed by atoms with Gasteiger partial charge in [-0.15, -0.1) is 0 Å². The van der Waals surface area contributed by atoms with Crippen molar-refractivity contribution in [2.24, 2.45) is 4.99 Å². The lowest BCUT2D eigenvalue weighted by Gasteiger charge is -2.22. The number of hydrogen-bond acceptors (Lipinski definition) is 8. The van der Waals surface area contributed by atoms with E-state index in [9.17, 15) is 4.79 Å². The van der Waals surface area contributed by atoms with Crippen molar-refractivity contribution in [2.75, 3.05) is 18.1 Å². The van der Waals surface area contributed by atoms with Gasteiger partial charge >= 0.3 is 0 Å². The van der Waals surface area contributed by atoms with Crippen LogP contribution in [0.3, 0.4) is 0 Å². The van der Waals surface area contributed by atoms with Crippen LogP contribution in [0.1, 0.15) is 56.0 Å². The molecule has 204 valence electrons. The average Bonchev–Trinajstić information content (AvgIpc) is 2.87. The summed E-state index contributed by atoms with van der Waals surface area (Å²) in [6.45, 7) is 12.1. The molecule has 0 fully saturated rings. The van der Waals surface area contributed by atoms with Crippen molar-refractivity contribution in [3.05, 3.63) is 80.1 Å². The number of nitrogens with zero attached hydrogens (tertiary/aromatic N) is 2. The summed E-state index contributed by atoms with van der Waals surface area (Å²) in [6, 6.07) is 12.9. The smallest absolute Gasteiger partial charge is 0.196 e. The molecule has 0 aliphatic rings. The molecule has 0 aliphatic carbocycles. The molecule has 4 rings (SSSR count). The number of rotatable bonds is 7. The molecule has 2 aromatic carbocycles. The number of nitrogen functional groups attached to an aromatic ring is 1. The molecule has 4 N–H and O–H groups in total. The molecule has 0 saturated heterocycles. The maximum Gasteiger partial charge on any atom is 0.196 e. The van der Waals surface area contributed by atoms with Gasteiger partial charge in [0.25, 0.3) is 0 Å². The number of benzene rings is 2. The van der Waals surface area contributed by atoms with Crippen LogP contribution in [0.15, 0.2) is 61.7 Å². The minimum Gasteiger partial charge on any atom is -0.455 e. The highest BCUT2D eigenvalue weighted by molar-refractivity contribution is 7.97. The largest absolute Gasteiger partial charge is 0.455 e. The number of pyridine rings is 1. The fourth-order valence-electron chi connectivity index (χ4n) is 4.25. The fraction of sp³-hybridized carbons (Fsp3) is 0.300. The highest BCUT2D eigenvalue weighted by Crippen LogP contribution is 2.35. The molecule has 2 aromatic heterocycles. The second-order valence-corrected chi connectivity index (χ2v) is 11.8. The van der Waals surface area contributed by atoms with Gasteiger partial charge in [0.2, 0.25) is 0 Å². The number of aliphatic imine (C=N–C) groups is 1. The van der Waals surface area contributed by atoms with Crippen LogP contribution < -0.4 is 21.2 Å². The Hall–Kier alpha value is -3.33. The lowest BCUT2D eigenvalue weighted by molar-refractivity contribution is 0.535. The minimum absolute atomic E-state index is 0.0651. The molecular formula is C30H34ClN5O2S. The summed E-state index contributed by atoms with van der Waals surface area (Å²) in [7, 11) is 1.69. The van der Waals surface area contributed by atoms with Crippen LogP contribution in [0.4, 0.5) is 11.4 Å². The normalized spacial score (nSPS) is 12.8. The Morgan fingerprint density at radius 3 is 2.59 bits per heavy atom. The zero-order valence-electron chi connectivity index (χ0n) is 23.3. The summed E-state index contributed by atoms with van der Waals surface area (Å²) in [5, 5.41) is 5.24. The third-order valence-electron chi connectivity index (χ3n) is 6.13. The van der Waals surface area contributed by atoms with Crippen LogP contribution in [0.25, 0.3) is 22.3 Å². The number of hydrogen-bond donors (Lipinski definition) is 3. The molecule has 39 heavy (non-hydrogen) atoms. The quantitative estimate of drug-likeness (QED) is 0.0935. The number of aryl methyl sites for hydroxylation is 1. The molecule has 1 unspecified atom stereocenters. The van der Waals surface area contributed by atoms with E-state index in [0.29, 0.717) is 33.1 Å². The maximum atomic E-state index is 13.6. The van der Waals surface area contributed by atoms with Crippen LogP contribution in [-0.4, -0.2) is 23.8 Å². The minimum atomic E-state index is -0.211. The molecule has 0 spiro atoms. The van der Waals surface area contributed by atoms with E-state index < -0.39 is 0 Å². The predicted molar refractivity (Wildman–Crippen MR) is 165 cm³/mol. The van der Waals surface area contributed by atoms with Gasteiger partial charge in [0.15, 0.2) is 5.43 Å². The van der Waals surface area contributed by atoms with E-state index in [0.717, 1.165) is 33.0 Å². The monoisotopic (exact) mass is 563 g/mol. The van der Waals surface area contributed by atoms with Crippen LogP contribution in [0.2, 0.25) is 5.15 Å². The van der Waals surface area contributed by atoms with Crippen molar-refractivity contribution in [2.45, 2.75) is 58.1 Å². The number of fused-ring (bicyclic) bond motifs is 1. The molecule has 2 heterocycles. The Bertz CT molecular complexity index is 1620. The molecule has 1 atom stereocenters. The molecule has 4 aromatic rings. The van der Waals surface area contributed by atoms with Crippen molar-refractivity contribution < 1.29 is 4.42 Å². The summed E-state index contributed by atoms with van der Waals surface area (Å²) in [4.78, 5) is 22.2. The molecule has 0 radical (unpaired) electrons. The summed E-state index contributed by atoms with van der Waals surface area (Å²) in [5.41, 5.74) is 11.8. The predicted octanol–water partition coefficient (Wildman–Crippen LogP) is 7.32. The van der Waals surface area contributed by atoms with Crippen LogP contribution in [-0.2, 0) is 0 Å². The number of aromatic nitrogens is 1. The zero-order chi connectivity index (χ0) is 28.5. The Labute approximate surface area is 238 Å². The van der Waals surface area contributed by atoms with Gasteiger partial charge in [-0.1, -0.05) is 17.7 Å². The molecule has 0 aliphatic heterocycles. The maximum absolute atomic E-state index is 13.6. The Morgan fingerprint density at radius 1 is 1.15 bits per heavy atom. The highest BCUT2D eigenvalue weighted by Gasteiger charge is 2.21. The summed E-state index contributed by atoms with van der Waals surface area (Å²) < 4.78 is 9.93. The van der Waals surface area contributed by atoms with Crippen molar-refractivity contribution in [3.63, 3.8) is 0 Å². The molecule has 0 saturated carbocycles. The van der Waals surface area contributed by atoms with Crippen molar-refractivity contribution in [1.82, 2.24) is 9.71 Å². The summed E-state index contributed by atoms with van der Waals surface area (Å²) in [5.74, 6) is 0.509. The average molecular weight is 564 g/mol. The van der Waals surface area contributed by atoms with E-state index in [-0.39, 0.29) is 17.0 Å². The Kier molecular flexibility index (Phi) is 8.39. The SMILES string of the molecule is CN=Cc1cc(-c2oc3c(C(C)Nc4ccc(Cl)nc4SNC(C)(C)C)cc(C)cc3c(=O)c2C)ccc1N. The van der Waals surface area contributed by atoms with Gasteiger partial charge < -0.3 is 15.5 Å². The van der Waals surface area contributed by atoms with E-state index >= 15 is 0 Å². The first-order valence-electron chi connectivity index (χ1n) is 12.6. The third kappa shape index (κ3) is 6.46. The fourth-order valence-corrected chi connectivity index (χ4v) is 5.23. The van der Waals surface area contributed by atoms with Gasteiger partial charge in [-0.05, 0) is 95.5 Å². The van der Waals surface area contributed by atoms with E-state index in [1.54, 1.807) is 32.3 Å². The lowest BCUT2D eigenvalue weighted by Crippen LogP contribution is -2.30. The van der Waals surface area contributed by atoms with Crippen molar-refractivity contribution in [1.29, 1.82) is 0 Å². The van der Waals surface area contributed by atoms with Crippen LogP contribution in [0, 0.1) is 13.8 Å². The standard InChI is InChI=1S/C30H34ClN5O2S/c1-16-12-21(18(3)34-24-10-11-25(31)35-29(24)39-36-30(4,5)6)28-22(13-16)26(37)17(2)27(38-28)19-8-9-23(32)20(14-19)15-33-7/h8-15,18,34,36H,32H2,1-7H3. The Balaban J connectivity index is 1.82. The number of halogens is 1. The van der Waals surface area contributed by atoms with Crippen LogP contribution >= 0.6 is 23.5 Å². The van der Waals surface area contributed by atoms with Gasteiger partial charge in [0.1, 0.15) is 21.5 Å². The Morgan fingerprint density at radius 2 is 1.90 bits per heavy atom. The molecule has 7 nitrogen and oxygen atoms in total. The molecule has 0 bridgehead atoms. The summed E-state index contributed by atoms with van der Waals surface area (Å²) in [6.07, 6.45) is 1.69. The second kappa shape index (κ2) is 11.4. The van der Waals surface area contributed by atoms with Crippen molar-refractivity contribution in [3.8, 4) is 11.3 Å². The van der Waals surface area contributed by atoms with Crippen LogP contribution in [0.5, 0.6) is 0 Å². The second-order valence-electron chi connectivity index (χ2n) is 10.7. The van der Waals surface area contributed by atoms with Gasteiger partial charge in [-0.2, -0.15) is 0 Å². The first kappa shape index (κ1) is 28.7. The van der Waals surface area contributed by atoms with E-state index in [1.807, 2.05) is 44.2 Å². The number of nitrogens with two attached hydrogens (primary N) is 1.